The van der Waals surface area contributed by atoms with Crippen molar-refractivity contribution in [1.29, 1.82) is 0 Å². The summed E-state index contributed by atoms with van der Waals surface area (Å²) in [5, 5.41) is 0. The van der Waals surface area contributed by atoms with Crippen molar-refractivity contribution >= 4 is 11.8 Å². The van der Waals surface area contributed by atoms with E-state index in [1.54, 1.807) is 9.80 Å². The van der Waals surface area contributed by atoms with Crippen LogP contribution in [0.1, 0.15) is 47.7 Å². The van der Waals surface area contributed by atoms with Gasteiger partial charge in [0.15, 0.2) is 0 Å². The Labute approximate surface area is 194 Å². The lowest BCUT2D eigenvalue weighted by atomic mass is 10.1. The highest BCUT2D eigenvalue weighted by molar-refractivity contribution is 5.96. The largest absolute Gasteiger partial charge is 0.464 e. The van der Waals surface area contributed by atoms with Crippen molar-refractivity contribution in [1.82, 2.24) is 9.80 Å². The minimum Gasteiger partial charge on any atom is -0.464 e. The van der Waals surface area contributed by atoms with Crippen LogP contribution in [0.5, 0.6) is 0 Å². The van der Waals surface area contributed by atoms with Crippen molar-refractivity contribution in [3.63, 3.8) is 0 Å². The van der Waals surface area contributed by atoms with Gasteiger partial charge in [0.2, 0.25) is 5.91 Å². The number of amides is 2. The van der Waals surface area contributed by atoms with Crippen molar-refractivity contribution in [2.75, 3.05) is 13.1 Å². The highest BCUT2D eigenvalue weighted by Crippen LogP contribution is 2.15. The van der Waals surface area contributed by atoms with Gasteiger partial charge in [-0.25, -0.2) is 4.39 Å². The Morgan fingerprint density at radius 1 is 1.00 bits per heavy atom. The first-order valence-corrected chi connectivity index (χ1v) is 11.3. The first kappa shape index (κ1) is 24.2. The third kappa shape index (κ3) is 6.78. The quantitative estimate of drug-likeness (QED) is 0.425. The Morgan fingerprint density at radius 3 is 2.30 bits per heavy atom. The van der Waals surface area contributed by atoms with Crippen LogP contribution >= 0.6 is 0 Å². The molecular formula is C27H31FN2O3. The minimum atomic E-state index is -0.404. The number of hydrogen-bond donors (Lipinski definition) is 0. The monoisotopic (exact) mass is 450 g/mol. The van der Waals surface area contributed by atoms with Crippen LogP contribution < -0.4 is 0 Å². The van der Waals surface area contributed by atoms with Crippen LogP contribution in [-0.4, -0.2) is 40.7 Å². The Kier molecular flexibility index (Phi) is 8.41. The third-order valence-electron chi connectivity index (χ3n) is 5.79. The van der Waals surface area contributed by atoms with Crippen molar-refractivity contribution in [2.45, 2.75) is 46.2 Å². The fourth-order valence-corrected chi connectivity index (χ4v) is 3.61. The van der Waals surface area contributed by atoms with Crippen molar-refractivity contribution in [3.05, 3.63) is 95.2 Å². The lowest BCUT2D eigenvalue weighted by molar-refractivity contribution is -0.133. The Bertz CT molecular complexity index is 1050. The summed E-state index contributed by atoms with van der Waals surface area (Å²) in [7, 11) is 0. The maximum Gasteiger partial charge on any atom is 0.254 e. The van der Waals surface area contributed by atoms with Crippen molar-refractivity contribution < 1.29 is 18.4 Å². The lowest BCUT2D eigenvalue weighted by Crippen LogP contribution is -2.46. The van der Waals surface area contributed by atoms with Gasteiger partial charge in [-0.15, -0.1) is 0 Å². The molecule has 2 aromatic carbocycles. The summed E-state index contributed by atoms with van der Waals surface area (Å²) in [4.78, 5) is 29.9. The summed E-state index contributed by atoms with van der Waals surface area (Å²) in [6.07, 6.45) is 1.39. The molecule has 0 N–H and O–H groups in total. The summed E-state index contributed by atoms with van der Waals surface area (Å²) < 4.78 is 19.0. The van der Waals surface area contributed by atoms with E-state index in [-0.39, 0.29) is 24.4 Å². The number of carbonyl (C=O) groups is 2. The number of hydrogen-bond acceptors (Lipinski definition) is 3. The van der Waals surface area contributed by atoms with Gasteiger partial charge in [-0.1, -0.05) is 37.3 Å². The van der Waals surface area contributed by atoms with Crippen LogP contribution in [0.2, 0.25) is 0 Å². The molecule has 3 aromatic rings. The molecule has 33 heavy (non-hydrogen) atoms. The second-order valence-corrected chi connectivity index (χ2v) is 8.26. The molecule has 3 rings (SSSR count). The second kappa shape index (κ2) is 11.5. The van der Waals surface area contributed by atoms with E-state index in [1.807, 2.05) is 63.2 Å². The number of carbonyl (C=O) groups excluding carboxylic acids is 2. The maximum atomic E-state index is 13.4. The second-order valence-electron chi connectivity index (χ2n) is 8.26. The molecule has 1 atom stereocenters. The van der Waals surface area contributed by atoms with E-state index in [4.69, 9.17) is 4.42 Å². The van der Waals surface area contributed by atoms with Crippen LogP contribution in [0.25, 0.3) is 0 Å². The Balaban J connectivity index is 1.78. The average molecular weight is 451 g/mol. The zero-order chi connectivity index (χ0) is 23.8. The van der Waals surface area contributed by atoms with E-state index in [0.29, 0.717) is 37.3 Å². The van der Waals surface area contributed by atoms with E-state index in [2.05, 4.69) is 0 Å². The highest BCUT2D eigenvalue weighted by Gasteiger charge is 2.26. The number of rotatable bonds is 10. The van der Waals surface area contributed by atoms with Crippen molar-refractivity contribution in [2.24, 2.45) is 0 Å². The molecule has 0 bridgehead atoms. The van der Waals surface area contributed by atoms with Gasteiger partial charge in [0, 0.05) is 18.2 Å². The maximum absolute atomic E-state index is 13.4. The molecule has 0 saturated heterocycles. The van der Waals surface area contributed by atoms with Gasteiger partial charge in [-0.3, -0.25) is 9.59 Å². The van der Waals surface area contributed by atoms with Gasteiger partial charge in [-0.05, 0) is 68.7 Å². The SMILES string of the molecule is CC[C@@H](C)N(CC(=O)N(CCc1ccccc1)Cc1ccc(C)o1)C(=O)c1ccc(F)cc1. The smallest absolute Gasteiger partial charge is 0.254 e. The molecule has 174 valence electrons. The topological polar surface area (TPSA) is 53.8 Å². The number of furan rings is 1. The molecule has 1 aromatic heterocycles. The summed E-state index contributed by atoms with van der Waals surface area (Å²) >= 11 is 0. The molecule has 2 amide bonds. The Hall–Kier alpha value is -3.41. The molecule has 0 unspecified atom stereocenters. The molecule has 1 heterocycles. The first-order chi connectivity index (χ1) is 15.9. The van der Waals surface area contributed by atoms with Crippen LogP contribution in [0.4, 0.5) is 4.39 Å². The summed E-state index contributed by atoms with van der Waals surface area (Å²) in [6, 6.07) is 19.0. The molecule has 0 aliphatic rings. The molecule has 0 spiro atoms. The molecular weight excluding hydrogens is 419 g/mol. The van der Waals surface area contributed by atoms with Crippen molar-refractivity contribution in [3.8, 4) is 0 Å². The number of halogens is 1. The predicted octanol–water partition coefficient (Wildman–Crippen LogP) is 5.24. The zero-order valence-corrected chi connectivity index (χ0v) is 19.5. The molecule has 5 nitrogen and oxygen atoms in total. The summed E-state index contributed by atoms with van der Waals surface area (Å²) in [6.45, 7) is 6.53. The Morgan fingerprint density at radius 2 is 1.70 bits per heavy atom. The van der Waals surface area contributed by atoms with Gasteiger partial charge in [-0.2, -0.15) is 0 Å². The first-order valence-electron chi connectivity index (χ1n) is 11.3. The predicted molar refractivity (Wildman–Crippen MR) is 126 cm³/mol. The van der Waals surface area contributed by atoms with Gasteiger partial charge in [0.1, 0.15) is 23.9 Å². The summed E-state index contributed by atoms with van der Waals surface area (Å²) in [5.41, 5.74) is 1.49. The van der Waals surface area contributed by atoms with Crippen LogP contribution in [0.3, 0.4) is 0 Å². The van der Waals surface area contributed by atoms with Gasteiger partial charge in [0.05, 0.1) is 6.54 Å². The molecule has 0 aliphatic carbocycles. The zero-order valence-electron chi connectivity index (χ0n) is 19.5. The van der Waals surface area contributed by atoms with Gasteiger partial charge in [0.25, 0.3) is 5.91 Å². The third-order valence-corrected chi connectivity index (χ3v) is 5.79. The molecule has 6 heteroatoms. The van der Waals surface area contributed by atoms with E-state index in [9.17, 15) is 14.0 Å². The van der Waals surface area contributed by atoms with E-state index < -0.39 is 5.82 Å². The van der Waals surface area contributed by atoms with E-state index >= 15 is 0 Å². The molecule has 0 fully saturated rings. The van der Waals surface area contributed by atoms with Crippen LogP contribution in [0.15, 0.2) is 71.1 Å². The average Bonchev–Trinajstić information content (AvgIpc) is 3.24. The molecule has 0 saturated carbocycles. The number of nitrogens with zero attached hydrogens (tertiary/aromatic N) is 2. The molecule has 0 aliphatic heterocycles. The van der Waals surface area contributed by atoms with E-state index in [0.717, 1.165) is 11.3 Å². The van der Waals surface area contributed by atoms with Gasteiger partial charge < -0.3 is 14.2 Å². The van der Waals surface area contributed by atoms with Gasteiger partial charge >= 0.3 is 0 Å². The van der Waals surface area contributed by atoms with E-state index in [1.165, 1.54) is 24.3 Å². The summed E-state index contributed by atoms with van der Waals surface area (Å²) in [5.74, 6) is 0.644. The standard InChI is InChI=1S/C27H31FN2O3/c1-4-20(2)30(27(32)23-11-13-24(28)14-12-23)19-26(31)29(18-25-15-10-21(3)33-25)17-16-22-8-6-5-7-9-22/h5-15,20H,4,16-19H2,1-3H3/t20-/m1/s1. The molecule has 0 radical (unpaired) electrons. The number of benzene rings is 2. The minimum absolute atomic E-state index is 0.0559. The van der Waals surface area contributed by atoms with Crippen LogP contribution in [0, 0.1) is 12.7 Å². The normalized spacial score (nSPS) is 11.8. The fraction of sp³-hybridized carbons (Fsp3) is 0.333. The number of aryl methyl sites for hydroxylation is 1. The fourth-order valence-electron chi connectivity index (χ4n) is 3.61. The highest BCUT2D eigenvalue weighted by atomic mass is 19.1. The lowest BCUT2D eigenvalue weighted by Gasteiger charge is -2.31. The van der Waals surface area contributed by atoms with Crippen LogP contribution in [-0.2, 0) is 17.8 Å².